The molecule has 0 aliphatic carbocycles. The molecule has 0 amide bonds. The van der Waals surface area contributed by atoms with E-state index >= 15 is 0 Å². The Bertz CT molecular complexity index is 1220. The van der Waals surface area contributed by atoms with Gasteiger partial charge in [0.2, 0.25) is 5.72 Å². The minimum atomic E-state index is -1.25. The van der Waals surface area contributed by atoms with Crippen molar-refractivity contribution >= 4 is 11.4 Å². The number of benzene rings is 2. The van der Waals surface area contributed by atoms with Crippen molar-refractivity contribution in [2.24, 2.45) is 5.41 Å². The van der Waals surface area contributed by atoms with Crippen LogP contribution >= 0.6 is 0 Å². The van der Waals surface area contributed by atoms with Gasteiger partial charge in [-0.1, -0.05) is 44.2 Å². The second-order valence-corrected chi connectivity index (χ2v) is 7.91. The molecule has 146 valence electrons. The number of fused-ring (bicyclic) bond motifs is 6. The summed E-state index contributed by atoms with van der Waals surface area (Å²) in [5.41, 5.74) is 0.0197. The highest BCUT2D eigenvalue weighted by Gasteiger charge is 2.63. The first-order chi connectivity index (χ1) is 13.9. The van der Waals surface area contributed by atoms with E-state index in [1.165, 1.54) is 12.3 Å². The van der Waals surface area contributed by atoms with E-state index < -0.39 is 21.7 Å². The predicted molar refractivity (Wildman–Crippen MR) is 106 cm³/mol. The van der Waals surface area contributed by atoms with Crippen LogP contribution in [0.15, 0.2) is 70.1 Å². The van der Waals surface area contributed by atoms with Gasteiger partial charge in [-0.3, -0.25) is 10.1 Å². The van der Waals surface area contributed by atoms with Gasteiger partial charge in [-0.2, -0.15) is 0 Å². The maximum Gasteiger partial charge on any atom is 0.343 e. The predicted octanol–water partition coefficient (Wildman–Crippen LogP) is 4.38. The fourth-order valence-corrected chi connectivity index (χ4v) is 4.80. The number of ether oxygens (including phenoxy) is 1. The zero-order valence-corrected chi connectivity index (χ0v) is 15.8. The van der Waals surface area contributed by atoms with Gasteiger partial charge in [0.1, 0.15) is 5.75 Å². The molecule has 2 bridgehead atoms. The molecule has 7 nitrogen and oxygen atoms in total. The molecule has 29 heavy (non-hydrogen) atoms. The first kappa shape index (κ1) is 17.5. The molecule has 1 unspecified atom stereocenters. The molecule has 0 fully saturated rings. The summed E-state index contributed by atoms with van der Waals surface area (Å²) < 4.78 is 11.6. The first-order valence-electron chi connectivity index (χ1n) is 9.28. The van der Waals surface area contributed by atoms with Crippen LogP contribution in [0.25, 0.3) is 0 Å². The van der Waals surface area contributed by atoms with Gasteiger partial charge >= 0.3 is 5.63 Å². The zero-order chi connectivity index (χ0) is 20.4. The molecule has 1 N–H and O–H groups in total. The third-order valence-electron chi connectivity index (χ3n) is 6.12. The number of hydrogen-bond acceptors (Lipinski definition) is 6. The number of para-hydroxylation sites is 2. The van der Waals surface area contributed by atoms with Crippen LogP contribution in [0.2, 0.25) is 0 Å². The smallest absolute Gasteiger partial charge is 0.343 e. The number of nitro benzene ring substituents is 1. The highest BCUT2D eigenvalue weighted by atomic mass is 16.6. The van der Waals surface area contributed by atoms with Crippen molar-refractivity contribution in [3.8, 4) is 5.75 Å². The average molecular weight is 390 g/mol. The van der Waals surface area contributed by atoms with Crippen LogP contribution in [0, 0.1) is 15.5 Å². The van der Waals surface area contributed by atoms with Crippen molar-refractivity contribution in [1.82, 2.24) is 0 Å². The van der Waals surface area contributed by atoms with Crippen LogP contribution in [-0.2, 0) is 5.72 Å². The minimum absolute atomic E-state index is 0.0439. The summed E-state index contributed by atoms with van der Waals surface area (Å²) in [7, 11) is 0. The number of anilines is 1. The lowest BCUT2D eigenvalue weighted by molar-refractivity contribution is -0.387. The number of hydrogen-bond donors (Lipinski definition) is 1. The van der Waals surface area contributed by atoms with Gasteiger partial charge in [-0.25, -0.2) is 4.79 Å². The second kappa shape index (κ2) is 5.70. The molecular formula is C22H18N2O5. The van der Waals surface area contributed by atoms with Crippen LogP contribution in [0.1, 0.15) is 36.5 Å². The van der Waals surface area contributed by atoms with E-state index in [0.29, 0.717) is 16.9 Å². The topological polar surface area (TPSA) is 94.6 Å². The third-order valence-corrected chi connectivity index (χ3v) is 6.12. The lowest BCUT2D eigenvalue weighted by Gasteiger charge is -2.57. The summed E-state index contributed by atoms with van der Waals surface area (Å²) >= 11 is 0. The number of rotatable bonds is 2. The van der Waals surface area contributed by atoms with E-state index in [1.807, 2.05) is 38.1 Å². The summed E-state index contributed by atoms with van der Waals surface area (Å²) in [6, 6.07) is 15.8. The first-order valence-corrected chi connectivity index (χ1v) is 9.28. The van der Waals surface area contributed by atoms with Crippen molar-refractivity contribution in [1.29, 1.82) is 0 Å². The molecule has 0 radical (unpaired) electrons. The largest absolute Gasteiger partial charge is 0.462 e. The summed E-state index contributed by atoms with van der Waals surface area (Å²) in [5, 5.41) is 15.3. The molecule has 0 saturated carbocycles. The Morgan fingerprint density at radius 1 is 1.07 bits per heavy atom. The van der Waals surface area contributed by atoms with E-state index in [-0.39, 0.29) is 11.6 Å². The molecule has 0 saturated heterocycles. The van der Waals surface area contributed by atoms with Gasteiger partial charge in [0.15, 0.2) is 0 Å². The van der Waals surface area contributed by atoms with Crippen LogP contribution in [0.3, 0.4) is 0 Å². The van der Waals surface area contributed by atoms with Crippen LogP contribution < -0.4 is 15.7 Å². The molecule has 7 heteroatoms. The molecule has 2 aliphatic heterocycles. The Hall–Kier alpha value is -3.61. The Balaban J connectivity index is 1.91. The molecule has 2 aromatic carbocycles. The van der Waals surface area contributed by atoms with Gasteiger partial charge in [0.25, 0.3) is 5.69 Å². The fraction of sp³-hybridized carbons (Fsp3) is 0.227. The molecule has 2 aliphatic rings. The Kier molecular flexibility index (Phi) is 3.44. The van der Waals surface area contributed by atoms with Gasteiger partial charge in [-0.05, 0) is 17.7 Å². The molecule has 3 aromatic rings. The second-order valence-electron chi connectivity index (χ2n) is 7.91. The monoisotopic (exact) mass is 390 g/mol. The average Bonchev–Trinajstić information content (AvgIpc) is 2.68. The van der Waals surface area contributed by atoms with Gasteiger partial charge in [0.05, 0.1) is 22.3 Å². The van der Waals surface area contributed by atoms with Crippen molar-refractivity contribution in [2.45, 2.75) is 25.5 Å². The van der Waals surface area contributed by atoms with E-state index in [4.69, 9.17) is 9.15 Å². The van der Waals surface area contributed by atoms with E-state index in [0.717, 1.165) is 11.3 Å². The van der Waals surface area contributed by atoms with E-state index in [9.17, 15) is 14.9 Å². The Morgan fingerprint density at radius 2 is 1.79 bits per heavy atom. The maximum absolute atomic E-state index is 12.7. The third kappa shape index (κ3) is 2.15. The quantitative estimate of drug-likeness (QED) is 0.515. The van der Waals surface area contributed by atoms with Gasteiger partial charge in [0, 0.05) is 29.2 Å². The molecule has 1 aromatic heterocycles. The van der Waals surface area contributed by atoms with E-state index in [1.54, 1.807) is 24.3 Å². The Labute approximate surface area is 166 Å². The van der Waals surface area contributed by atoms with Crippen molar-refractivity contribution in [3.05, 3.63) is 98.1 Å². The summed E-state index contributed by atoms with van der Waals surface area (Å²) in [5.74, 6) is -0.00770. The normalized spacial score (nSPS) is 23.2. The number of nitro groups is 1. The van der Waals surface area contributed by atoms with Crippen molar-refractivity contribution in [2.75, 3.05) is 5.32 Å². The number of nitrogens with one attached hydrogen (secondary N) is 1. The van der Waals surface area contributed by atoms with E-state index in [2.05, 4.69) is 5.32 Å². The molecule has 5 rings (SSSR count). The molecule has 2 atom stereocenters. The van der Waals surface area contributed by atoms with Crippen LogP contribution in [0.5, 0.6) is 5.75 Å². The lowest BCUT2D eigenvalue weighted by atomic mass is 9.59. The minimum Gasteiger partial charge on any atom is -0.462 e. The maximum atomic E-state index is 12.7. The van der Waals surface area contributed by atoms with Crippen LogP contribution in [-0.4, -0.2) is 4.92 Å². The lowest BCUT2D eigenvalue weighted by Crippen LogP contribution is -2.61. The van der Waals surface area contributed by atoms with Crippen molar-refractivity contribution < 1.29 is 14.1 Å². The molecular weight excluding hydrogens is 372 g/mol. The summed E-state index contributed by atoms with van der Waals surface area (Å²) in [6.07, 6.45) is 1.29. The SMILES string of the molecule is CC1(C)[C@@H]2c3ccccc3NC1(c1ccccc1[N+](=O)[O-])Oc1ccoc(=O)c12. The number of nitrogens with zero attached hydrogens (tertiary/aromatic N) is 1. The fourth-order valence-electron chi connectivity index (χ4n) is 4.80. The zero-order valence-electron chi connectivity index (χ0n) is 15.8. The van der Waals surface area contributed by atoms with Crippen LogP contribution in [0.4, 0.5) is 11.4 Å². The summed E-state index contributed by atoms with van der Waals surface area (Å²) in [4.78, 5) is 24.1. The van der Waals surface area contributed by atoms with Gasteiger partial charge in [-0.15, -0.1) is 0 Å². The summed E-state index contributed by atoms with van der Waals surface area (Å²) in [6.45, 7) is 3.90. The highest BCUT2D eigenvalue weighted by Crippen LogP contribution is 2.63. The highest BCUT2D eigenvalue weighted by molar-refractivity contribution is 5.67. The van der Waals surface area contributed by atoms with Gasteiger partial charge < -0.3 is 14.5 Å². The van der Waals surface area contributed by atoms with Crippen molar-refractivity contribution in [3.63, 3.8) is 0 Å². The molecule has 0 spiro atoms. The standard InChI is InChI=1S/C22H18N2O5/c1-21(2)19-13-7-3-5-9-15(13)23-22(21,14-8-4-6-10-16(14)24(26)27)29-17-11-12-28-20(25)18(17)19/h3-12,19,23H,1-2H3/t19-,22?/m1/s1. The molecule has 3 heterocycles. The Morgan fingerprint density at radius 3 is 2.59 bits per heavy atom.